The first-order chi connectivity index (χ1) is 10.3. The minimum absolute atomic E-state index is 0. The number of thioether (sulfide) groups is 1. The molecule has 0 N–H and O–H groups in total. The number of fused-ring (bicyclic) bond motifs is 2. The van der Waals surface area contributed by atoms with Gasteiger partial charge in [0, 0.05) is 17.2 Å². The van der Waals surface area contributed by atoms with Gasteiger partial charge in [0.15, 0.2) is 0 Å². The first kappa shape index (κ1) is 20.1. The molecule has 0 radical (unpaired) electrons. The summed E-state index contributed by atoms with van der Waals surface area (Å²) in [7, 11) is 4.26. The number of halogens is 2. The van der Waals surface area contributed by atoms with E-state index in [1.807, 2.05) is 11.8 Å². The molecule has 1 heterocycles. The van der Waals surface area contributed by atoms with Gasteiger partial charge in [-0.05, 0) is 48.8 Å². The van der Waals surface area contributed by atoms with Gasteiger partial charge in [-0.3, -0.25) is 0 Å². The summed E-state index contributed by atoms with van der Waals surface area (Å²) in [6.07, 6.45) is 3.49. The van der Waals surface area contributed by atoms with Gasteiger partial charge in [0.2, 0.25) is 0 Å². The van der Waals surface area contributed by atoms with Crippen LogP contribution in [0.25, 0.3) is 5.57 Å². The average Bonchev–Trinajstić information content (AvgIpc) is 2.65. The molecule has 0 atom stereocenters. The molecule has 4 heteroatoms. The van der Waals surface area contributed by atoms with Crippen LogP contribution in [0.3, 0.4) is 0 Å². The molecule has 2 aromatic rings. The van der Waals surface area contributed by atoms with Gasteiger partial charge < -0.3 is 4.90 Å². The van der Waals surface area contributed by atoms with Gasteiger partial charge in [0.25, 0.3) is 0 Å². The lowest BCUT2D eigenvalue weighted by Crippen LogP contribution is -2.12. The van der Waals surface area contributed by atoms with Crippen molar-refractivity contribution in [1.29, 1.82) is 0 Å². The van der Waals surface area contributed by atoms with Crippen LogP contribution in [0.15, 0.2) is 59.5 Å². The van der Waals surface area contributed by atoms with E-state index in [0.717, 1.165) is 18.7 Å². The Morgan fingerprint density at radius 2 is 1.61 bits per heavy atom. The highest BCUT2D eigenvalue weighted by Crippen LogP contribution is 2.39. The molecule has 0 fully saturated rings. The molecule has 0 aliphatic carbocycles. The summed E-state index contributed by atoms with van der Waals surface area (Å²) in [6.45, 7) is 1.08. The van der Waals surface area contributed by atoms with Crippen molar-refractivity contribution in [1.82, 2.24) is 4.90 Å². The van der Waals surface area contributed by atoms with E-state index in [4.69, 9.17) is 0 Å². The van der Waals surface area contributed by atoms with Crippen molar-refractivity contribution in [3.63, 3.8) is 0 Å². The van der Waals surface area contributed by atoms with Crippen LogP contribution >= 0.6 is 36.6 Å². The van der Waals surface area contributed by atoms with E-state index < -0.39 is 0 Å². The molecule has 1 aliphatic heterocycles. The SMILES string of the molecule is CN(C)CC/C=C1/c2ccccc2CSc2ccccc21.Cl.Cl. The highest BCUT2D eigenvalue weighted by atomic mass is 35.5. The number of hydrogen-bond acceptors (Lipinski definition) is 2. The molecular weight excluding hydrogens is 345 g/mol. The number of rotatable bonds is 3. The molecule has 0 bridgehead atoms. The van der Waals surface area contributed by atoms with Crippen LogP contribution in [0.4, 0.5) is 0 Å². The molecule has 1 nitrogen and oxygen atoms in total. The van der Waals surface area contributed by atoms with Crippen LogP contribution in [0, 0.1) is 0 Å². The number of nitrogens with zero attached hydrogens (tertiary/aromatic N) is 1. The molecule has 0 amide bonds. The lowest BCUT2D eigenvalue weighted by molar-refractivity contribution is 0.417. The van der Waals surface area contributed by atoms with Crippen molar-refractivity contribution in [2.45, 2.75) is 17.1 Å². The van der Waals surface area contributed by atoms with Crippen molar-refractivity contribution in [3.8, 4) is 0 Å². The molecular formula is C19H23Cl2NS. The van der Waals surface area contributed by atoms with E-state index in [-0.39, 0.29) is 24.8 Å². The third-order valence-electron chi connectivity index (χ3n) is 3.79. The van der Waals surface area contributed by atoms with Crippen molar-refractivity contribution >= 4 is 42.1 Å². The van der Waals surface area contributed by atoms with Crippen LogP contribution < -0.4 is 0 Å². The third-order valence-corrected chi connectivity index (χ3v) is 4.92. The minimum Gasteiger partial charge on any atom is -0.309 e. The van der Waals surface area contributed by atoms with Gasteiger partial charge >= 0.3 is 0 Å². The predicted octanol–water partition coefficient (Wildman–Crippen LogP) is 5.52. The Bertz CT molecular complexity index is 618. The number of hydrogen-bond donors (Lipinski definition) is 0. The summed E-state index contributed by atoms with van der Waals surface area (Å²) in [6, 6.07) is 17.6. The standard InChI is InChI=1S/C19H21NS.2ClH/c1-20(2)13-7-11-17-16-9-4-3-8-15(16)14-21-19-12-6-5-10-18(17)19;;/h3-6,8-12H,7,13-14H2,1-2H3;2*1H/b17-11-;;. The quantitative estimate of drug-likeness (QED) is 0.702. The van der Waals surface area contributed by atoms with E-state index in [1.165, 1.54) is 27.2 Å². The van der Waals surface area contributed by atoms with Gasteiger partial charge in [0.05, 0.1) is 0 Å². The molecule has 2 aromatic carbocycles. The predicted molar refractivity (Wildman–Crippen MR) is 107 cm³/mol. The van der Waals surface area contributed by atoms with E-state index in [9.17, 15) is 0 Å². The summed E-state index contributed by atoms with van der Waals surface area (Å²) < 4.78 is 0. The van der Waals surface area contributed by atoms with Crippen LogP contribution in [-0.2, 0) is 5.75 Å². The Morgan fingerprint density at radius 1 is 0.957 bits per heavy atom. The normalized spacial score (nSPS) is 14.3. The fraction of sp³-hybridized carbons (Fsp3) is 0.263. The van der Waals surface area contributed by atoms with Crippen LogP contribution in [0.1, 0.15) is 23.1 Å². The molecule has 0 spiro atoms. The zero-order valence-electron chi connectivity index (χ0n) is 13.5. The zero-order chi connectivity index (χ0) is 14.7. The maximum absolute atomic E-state index is 2.41. The van der Waals surface area contributed by atoms with Crippen molar-refractivity contribution in [3.05, 3.63) is 71.3 Å². The summed E-state index contributed by atoms with van der Waals surface area (Å²) in [5, 5.41) is 0. The lowest BCUT2D eigenvalue weighted by atomic mass is 9.93. The molecule has 0 saturated carbocycles. The molecule has 1 aliphatic rings. The second-order valence-corrected chi connectivity index (χ2v) is 6.67. The molecule has 0 aromatic heterocycles. The monoisotopic (exact) mass is 367 g/mol. The molecule has 0 saturated heterocycles. The second kappa shape index (κ2) is 9.39. The van der Waals surface area contributed by atoms with Crippen molar-refractivity contribution in [2.75, 3.05) is 20.6 Å². The first-order valence-corrected chi connectivity index (χ1v) is 8.39. The van der Waals surface area contributed by atoms with E-state index >= 15 is 0 Å². The van der Waals surface area contributed by atoms with Gasteiger partial charge in [-0.2, -0.15) is 0 Å². The Balaban J connectivity index is 0.00000132. The molecule has 3 rings (SSSR count). The van der Waals surface area contributed by atoms with Crippen LogP contribution in [0.2, 0.25) is 0 Å². The first-order valence-electron chi connectivity index (χ1n) is 7.41. The maximum Gasteiger partial charge on any atom is 0.0238 e. The summed E-state index contributed by atoms with van der Waals surface area (Å²) in [5.74, 6) is 1.05. The van der Waals surface area contributed by atoms with E-state index in [0.29, 0.717) is 0 Å². The van der Waals surface area contributed by atoms with E-state index in [2.05, 4.69) is 73.6 Å². The summed E-state index contributed by atoms with van der Waals surface area (Å²) >= 11 is 1.94. The molecule has 124 valence electrons. The van der Waals surface area contributed by atoms with Crippen molar-refractivity contribution < 1.29 is 0 Å². The fourth-order valence-corrected chi connectivity index (χ4v) is 3.78. The zero-order valence-corrected chi connectivity index (χ0v) is 15.9. The van der Waals surface area contributed by atoms with Gasteiger partial charge in [0.1, 0.15) is 0 Å². The Hall–Kier alpha value is -0.930. The minimum atomic E-state index is 0. The second-order valence-electron chi connectivity index (χ2n) is 5.65. The summed E-state index contributed by atoms with van der Waals surface area (Å²) in [4.78, 5) is 3.63. The van der Waals surface area contributed by atoms with E-state index in [1.54, 1.807) is 0 Å². The topological polar surface area (TPSA) is 3.24 Å². The third kappa shape index (κ3) is 4.77. The highest BCUT2D eigenvalue weighted by molar-refractivity contribution is 7.98. The molecule has 0 unspecified atom stereocenters. The van der Waals surface area contributed by atoms with Crippen molar-refractivity contribution in [2.24, 2.45) is 0 Å². The Labute approximate surface area is 156 Å². The smallest absolute Gasteiger partial charge is 0.0238 e. The maximum atomic E-state index is 2.41. The average molecular weight is 368 g/mol. The highest BCUT2D eigenvalue weighted by Gasteiger charge is 2.17. The fourth-order valence-electron chi connectivity index (χ4n) is 2.71. The Kier molecular flexibility index (Phi) is 8.21. The largest absolute Gasteiger partial charge is 0.309 e. The lowest BCUT2D eigenvalue weighted by Gasteiger charge is -2.12. The van der Waals surface area contributed by atoms with Crippen LogP contribution in [0.5, 0.6) is 0 Å². The van der Waals surface area contributed by atoms with Gasteiger partial charge in [-0.1, -0.05) is 48.5 Å². The summed E-state index contributed by atoms with van der Waals surface area (Å²) in [5.41, 5.74) is 5.61. The Morgan fingerprint density at radius 3 is 2.35 bits per heavy atom. The van der Waals surface area contributed by atoms with Gasteiger partial charge in [-0.15, -0.1) is 36.6 Å². The molecule has 23 heavy (non-hydrogen) atoms. The number of benzene rings is 2. The van der Waals surface area contributed by atoms with Gasteiger partial charge in [-0.25, -0.2) is 0 Å². The van der Waals surface area contributed by atoms with Crippen LogP contribution in [-0.4, -0.2) is 25.5 Å².